The highest BCUT2D eigenvalue weighted by Gasteiger charge is 2.11. The average molecular weight is 265 g/mol. The maximum absolute atomic E-state index is 11.4. The molecule has 0 aromatic carbocycles. The molecule has 1 aromatic rings. The molecule has 0 fully saturated rings. The minimum atomic E-state index is 0.0306. The molecule has 0 spiro atoms. The van der Waals surface area contributed by atoms with Gasteiger partial charge in [-0.25, -0.2) is 0 Å². The summed E-state index contributed by atoms with van der Waals surface area (Å²) >= 11 is 1.66. The van der Waals surface area contributed by atoms with Crippen molar-refractivity contribution in [2.24, 2.45) is 5.73 Å². The molecule has 0 bridgehead atoms. The second-order valence-corrected chi connectivity index (χ2v) is 4.74. The molecule has 0 unspecified atom stereocenters. The molecule has 1 rings (SSSR count). The zero-order valence-corrected chi connectivity index (χ0v) is 11.6. The van der Waals surface area contributed by atoms with E-state index in [1.165, 1.54) is 4.88 Å². The van der Waals surface area contributed by atoms with E-state index in [1.807, 2.05) is 18.4 Å². The van der Waals surface area contributed by atoms with Crippen LogP contribution in [-0.4, -0.2) is 37.5 Å². The second kappa shape index (κ2) is 7.88. The van der Waals surface area contributed by atoms with E-state index in [9.17, 15) is 4.79 Å². The Balaban J connectivity index is 2.70. The van der Waals surface area contributed by atoms with Crippen molar-refractivity contribution in [3.8, 4) is 11.8 Å². The molecule has 0 atom stereocenters. The van der Waals surface area contributed by atoms with Gasteiger partial charge in [-0.2, -0.15) is 0 Å². The van der Waals surface area contributed by atoms with Gasteiger partial charge in [-0.15, -0.1) is 11.3 Å². The van der Waals surface area contributed by atoms with Crippen LogP contribution >= 0.6 is 11.3 Å². The van der Waals surface area contributed by atoms with Crippen LogP contribution in [0.5, 0.6) is 0 Å². The summed E-state index contributed by atoms with van der Waals surface area (Å²) in [6.07, 6.45) is 0. The Kier molecular flexibility index (Phi) is 6.44. The number of thiophene rings is 1. The number of carbonyl (C=O) groups is 1. The Hall–Kier alpha value is -1.35. The molecule has 1 heterocycles. The first kappa shape index (κ1) is 14.7. The summed E-state index contributed by atoms with van der Waals surface area (Å²) in [6.45, 7) is 4.40. The van der Waals surface area contributed by atoms with Gasteiger partial charge in [0.1, 0.15) is 0 Å². The van der Waals surface area contributed by atoms with Crippen molar-refractivity contribution in [3.63, 3.8) is 0 Å². The molecule has 0 radical (unpaired) electrons. The molecule has 0 saturated carbocycles. The smallest absolute Gasteiger partial charge is 0.233 e. The van der Waals surface area contributed by atoms with Crippen LogP contribution < -0.4 is 11.1 Å². The zero-order valence-electron chi connectivity index (χ0n) is 10.8. The number of nitrogens with two attached hydrogens (primary N) is 1. The normalized spacial score (nSPS) is 10.0. The fourth-order valence-electron chi connectivity index (χ4n) is 1.49. The van der Waals surface area contributed by atoms with E-state index < -0.39 is 0 Å². The van der Waals surface area contributed by atoms with Crippen LogP contribution in [0.25, 0.3) is 0 Å². The van der Waals surface area contributed by atoms with Gasteiger partial charge in [0.2, 0.25) is 5.91 Å². The Morgan fingerprint density at radius 2 is 2.39 bits per heavy atom. The topological polar surface area (TPSA) is 58.4 Å². The standard InChI is InChI=1S/C13H19N3OS/c1-3-16(10-13(17)15-2)9-12-11(5-4-7-14)6-8-18-12/h6,8H,3,7,9-10,14H2,1-2H3,(H,15,17). The molecule has 4 nitrogen and oxygen atoms in total. The Morgan fingerprint density at radius 1 is 1.61 bits per heavy atom. The number of nitrogens with zero attached hydrogens (tertiary/aromatic N) is 1. The van der Waals surface area contributed by atoms with E-state index in [1.54, 1.807) is 18.4 Å². The first-order chi connectivity index (χ1) is 8.71. The first-order valence-corrected chi connectivity index (χ1v) is 6.77. The summed E-state index contributed by atoms with van der Waals surface area (Å²) in [5.41, 5.74) is 6.39. The van der Waals surface area contributed by atoms with Crippen molar-refractivity contribution in [2.75, 3.05) is 26.7 Å². The van der Waals surface area contributed by atoms with Gasteiger partial charge < -0.3 is 11.1 Å². The number of hydrogen-bond acceptors (Lipinski definition) is 4. The summed E-state index contributed by atoms with van der Waals surface area (Å²) < 4.78 is 0. The third-order valence-electron chi connectivity index (χ3n) is 2.53. The lowest BCUT2D eigenvalue weighted by Crippen LogP contribution is -2.35. The number of hydrogen-bond donors (Lipinski definition) is 2. The fourth-order valence-corrected chi connectivity index (χ4v) is 2.36. The maximum Gasteiger partial charge on any atom is 0.233 e. The molecule has 0 aliphatic carbocycles. The van der Waals surface area contributed by atoms with Crippen LogP contribution in [0.4, 0.5) is 0 Å². The molecule has 18 heavy (non-hydrogen) atoms. The van der Waals surface area contributed by atoms with Crippen molar-refractivity contribution in [2.45, 2.75) is 13.5 Å². The molecular weight excluding hydrogens is 246 g/mol. The molecule has 0 saturated heterocycles. The highest BCUT2D eigenvalue weighted by atomic mass is 32.1. The Morgan fingerprint density at radius 3 is 3.00 bits per heavy atom. The molecule has 5 heteroatoms. The Bertz CT molecular complexity index is 445. The Labute approximate surface area is 112 Å². The molecule has 0 aliphatic rings. The molecule has 1 amide bonds. The summed E-state index contributed by atoms with van der Waals surface area (Å²) in [4.78, 5) is 14.6. The van der Waals surface area contributed by atoms with E-state index in [2.05, 4.69) is 22.1 Å². The third-order valence-corrected chi connectivity index (χ3v) is 3.44. The number of nitrogens with one attached hydrogen (secondary N) is 1. The summed E-state index contributed by atoms with van der Waals surface area (Å²) in [5.74, 6) is 5.95. The van der Waals surface area contributed by atoms with Crippen molar-refractivity contribution in [1.82, 2.24) is 10.2 Å². The van der Waals surface area contributed by atoms with Gasteiger partial charge in [0.15, 0.2) is 0 Å². The molecule has 1 aromatic heterocycles. The van der Waals surface area contributed by atoms with Crippen LogP contribution in [0, 0.1) is 11.8 Å². The van der Waals surface area contributed by atoms with Gasteiger partial charge in [-0.05, 0) is 18.0 Å². The van der Waals surface area contributed by atoms with Gasteiger partial charge in [0.05, 0.1) is 13.1 Å². The van der Waals surface area contributed by atoms with Gasteiger partial charge >= 0.3 is 0 Å². The minimum Gasteiger partial charge on any atom is -0.358 e. The third kappa shape index (κ3) is 4.49. The molecule has 0 aliphatic heterocycles. The van der Waals surface area contributed by atoms with Crippen LogP contribution in [-0.2, 0) is 11.3 Å². The largest absolute Gasteiger partial charge is 0.358 e. The predicted octanol–water partition coefficient (Wildman–Crippen LogP) is 0.626. The van der Waals surface area contributed by atoms with Gasteiger partial charge in [0, 0.05) is 24.0 Å². The summed E-state index contributed by atoms with van der Waals surface area (Å²) in [5, 5.41) is 4.65. The van der Waals surface area contributed by atoms with Gasteiger partial charge in [0.25, 0.3) is 0 Å². The lowest BCUT2D eigenvalue weighted by molar-refractivity contribution is -0.121. The quantitative estimate of drug-likeness (QED) is 0.768. The average Bonchev–Trinajstić information content (AvgIpc) is 2.82. The zero-order chi connectivity index (χ0) is 13.4. The van der Waals surface area contributed by atoms with Gasteiger partial charge in [-0.3, -0.25) is 9.69 Å². The van der Waals surface area contributed by atoms with Crippen molar-refractivity contribution in [3.05, 3.63) is 21.9 Å². The molecule has 3 N–H and O–H groups in total. The van der Waals surface area contributed by atoms with Crippen LogP contribution in [0.1, 0.15) is 17.4 Å². The van der Waals surface area contributed by atoms with Gasteiger partial charge in [-0.1, -0.05) is 18.8 Å². The lowest BCUT2D eigenvalue weighted by atomic mass is 10.2. The highest BCUT2D eigenvalue weighted by molar-refractivity contribution is 7.10. The highest BCUT2D eigenvalue weighted by Crippen LogP contribution is 2.17. The van der Waals surface area contributed by atoms with E-state index in [0.29, 0.717) is 13.1 Å². The van der Waals surface area contributed by atoms with Crippen molar-refractivity contribution in [1.29, 1.82) is 0 Å². The minimum absolute atomic E-state index is 0.0306. The molecular formula is C13H19N3OS. The first-order valence-electron chi connectivity index (χ1n) is 5.89. The van der Waals surface area contributed by atoms with E-state index in [4.69, 9.17) is 5.73 Å². The molecule has 98 valence electrons. The van der Waals surface area contributed by atoms with Crippen LogP contribution in [0.3, 0.4) is 0 Å². The number of carbonyl (C=O) groups excluding carboxylic acids is 1. The second-order valence-electron chi connectivity index (χ2n) is 3.74. The van der Waals surface area contributed by atoms with E-state index in [0.717, 1.165) is 18.7 Å². The predicted molar refractivity (Wildman–Crippen MR) is 75.3 cm³/mol. The number of amides is 1. The van der Waals surface area contributed by atoms with E-state index >= 15 is 0 Å². The van der Waals surface area contributed by atoms with Crippen molar-refractivity contribution < 1.29 is 4.79 Å². The summed E-state index contributed by atoms with van der Waals surface area (Å²) in [6, 6.07) is 2.00. The van der Waals surface area contributed by atoms with Crippen LogP contribution in [0.2, 0.25) is 0 Å². The van der Waals surface area contributed by atoms with E-state index in [-0.39, 0.29) is 5.91 Å². The van der Waals surface area contributed by atoms with Crippen molar-refractivity contribution >= 4 is 17.2 Å². The van der Waals surface area contributed by atoms with Crippen LogP contribution in [0.15, 0.2) is 11.4 Å². The monoisotopic (exact) mass is 265 g/mol. The SMILES string of the molecule is CCN(CC(=O)NC)Cc1sccc1C#CCN. The lowest BCUT2D eigenvalue weighted by Gasteiger charge is -2.18. The number of rotatable bonds is 5. The summed E-state index contributed by atoms with van der Waals surface area (Å²) in [7, 11) is 1.65. The number of likely N-dealkylation sites (N-methyl/N-ethyl adjacent to an activating group) is 2. The fraction of sp³-hybridized carbons (Fsp3) is 0.462. The maximum atomic E-state index is 11.4.